The molecule has 0 saturated heterocycles. The van der Waals surface area contributed by atoms with Crippen LogP contribution in [0.25, 0.3) is 0 Å². The average molecular weight is 297 g/mol. The molecule has 1 N–H and O–H groups in total. The summed E-state index contributed by atoms with van der Waals surface area (Å²) in [6, 6.07) is 11.4. The van der Waals surface area contributed by atoms with Crippen LogP contribution in [0.2, 0.25) is 0 Å². The quantitative estimate of drug-likeness (QED) is 0.919. The summed E-state index contributed by atoms with van der Waals surface area (Å²) in [5.74, 6) is 0.0245. The van der Waals surface area contributed by atoms with Gasteiger partial charge in [0.25, 0.3) is 5.56 Å². The lowest BCUT2D eigenvalue weighted by Crippen LogP contribution is -2.40. The number of aryl methyl sites for hydroxylation is 2. The van der Waals surface area contributed by atoms with Crippen LogP contribution in [-0.4, -0.2) is 21.7 Å². The van der Waals surface area contributed by atoms with Gasteiger partial charge in [-0.1, -0.05) is 30.3 Å². The molecule has 1 aliphatic rings. The van der Waals surface area contributed by atoms with E-state index in [0.717, 1.165) is 29.7 Å². The van der Waals surface area contributed by atoms with Crippen LogP contribution in [0.4, 0.5) is 0 Å². The minimum absolute atomic E-state index is 0.0245. The van der Waals surface area contributed by atoms with E-state index in [4.69, 9.17) is 0 Å². The van der Waals surface area contributed by atoms with Gasteiger partial charge < -0.3 is 5.32 Å². The summed E-state index contributed by atoms with van der Waals surface area (Å²) >= 11 is 0. The first-order valence-electron chi connectivity index (χ1n) is 7.51. The first-order valence-corrected chi connectivity index (χ1v) is 7.51. The molecule has 1 heterocycles. The lowest BCUT2D eigenvalue weighted by molar-refractivity contribution is -0.121. The Labute approximate surface area is 129 Å². The van der Waals surface area contributed by atoms with Gasteiger partial charge in [0.1, 0.15) is 0 Å². The maximum atomic E-state index is 12.1. The number of nitrogens with zero attached hydrogens (tertiary/aromatic N) is 2. The van der Waals surface area contributed by atoms with Crippen LogP contribution < -0.4 is 10.9 Å². The summed E-state index contributed by atoms with van der Waals surface area (Å²) in [4.78, 5) is 23.8. The molecule has 22 heavy (non-hydrogen) atoms. The fraction of sp³-hybridized carbons (Fsp3) is 0.353. The standard InChI is InChI=1S/C17H19N3O2/c1-20-17(22)11-13-10-14(7-8-15(13)19-20)18-16(21)9-12-5-3-2-4-6-12/h2-6,11,14H,7-10H2,1H3,(H,18,21)/t14-/m0/s1. The third kappa shape index (κ3) is 3.24. The van der Waals surface area contributed by atoms with E-state index < -0.39 is 0 Å². The Bertz CT molecular complexity index is 737. The van der Waals surface area contributed by atoms with Crippen LogP contribution in [0.3, 0.4) is 0 Å². The normalized spacial score (nSPS) is 16.9. The van der Waals surface area contributed by atoms with E-state index in [2.05, 4.69) is 10.4 Å². The number of hydrogen-bond acceptors (Lipinski definition) is 3. The van der Waals surface area contributed by atoms with Crippen LogP contribution >= 0.6 is 0 Å². The van der Waals surface area contributed by atoms with Gasteiger partial charge in [0.2, 0.25) is 5.91 Å². The Morgan fingerprint density at radius 2 is 2.14 bits per heavy atom. The highest BCUT2D eigenvalue weighted by Gasteiger charge is 2.22. The SMILES string of the molecule is Cn1nc2c(cc1=O)C[C@@H](NC(=O)Cc1ccccc1)CC2. The molecular weight excluding hydrogens is 278 g/mol. The van der Waals surface area contributed by atoms with Crippen LogP contribution in [0.15, 0.2) is 41.2 Å². The van der Waals surface area contributed by atoms with Gasteiger partial charge in [-0.3, -0.25) is 9.59 Å². The number of nitrogens with one attached hydrogen (secondary N) is 1. The molecule has 0 aliphatic heterocycles. The molecule has 2 aromatic rings. The minimum Gasteiger partial charge on any atom is -0.353 e. The maximum absolute atomic E-state index is 12.1. The van der Waals surface area contributed by atoms with E-state index in [0.29, 0.717) is 12.8 Å². The minimum atomic E-state index is -0.102. The van der Waals surface area contributed by atoms with Crippen molar-refractivity contribution < 1.29 is 4.79 Å². The molecule has 1 atom stereocenters. The number of fused-ring (bicyclic) bond motifs is 1. The maximum Gasteiger partial charge on any atom is 0.266 e. The highest BCUT2D eigenvalue weighted by atomic mass is 16.1. The van der Waals surface area contributed by atoms with Crippen molar-refractivity contribution in [3.63, 3.8) is 0 Å². The van der Waals surface area contributed by atoms with Crippen LogP contribution in [0, 0.1) is 0 Å². The molecule has 1 aromatic carbocycles. The number of benzene rings is 1. The summed E-state index contributed by atoms with van der Waals surface area (Å²) in [6.07, 6.45) is 2.72. The van der Waals surface area contributed by atoms with Gasteiger partial charge in [-0.15, -0.1) is 0 Å². The van der Waals surface area contributed by atoms with E-state index in [1.807, 2.05) is 30.3 Å². The molecule has 0 unspecified atom stereocenters. The molecule has 0 bridgehead atoms. The van der Waals surface area contributed by atoms with Crippen molar-refractivity contribution in [2.45, 2.75) is 31.7 Å². The molecular formula is C17H19N3O2. The molecule has 1 amide bonds. The highest BCUT2D eigenvalue weighted by molar-refractivity contribution is 5.78. The van der Waals surface area contributed by atoms with Gasteiger partial charge in [0, 0.05) is 19.2 Å². The largest absolute Gasteiger partial charge is 0.353 e. The Balaban J connectivity index is 1.64. The second kappa shape index (κ2) is 6.13. The highest BCUT2D eigenvalue weighted by Crippen LogP contribution is 2.18. The topological polar surface area (TPSA) is 64.0 Å². The number of carbonyl (C=O) groups is 1. The van der Waals surface area contributed by atoms with Crippen molar-refractivity contribution in [3.8, 4) is 0 Å². The summed E-state index contributed by atoms with van der Waals surface area (Å²) in [7, 11) is 1.66. The van der Waals surface area contributed by atoms with Gasteiger partial charge >= 0.3 is 0 Å². The Kier molecular flexibility index (Phi) is 4.04. The second-order valence-corrected chi connectivity index (χ2v) is 5.75. The van der Waals surface area contributed by atoms with E-state index >= 15 is 0 Å². The van der Waals surface area contributed by atoms with E-state index in [1.165, 1.54) is 4.68 Å². The van der Waals surface area contributed by atoms with Gasteiger partial charge in [-0.2, -0.15) is 5.10 Å². The third-order valence-electron chi connectivity index (χ3n) is 4.03. The number of carbonyl (C=O) groups excluding carboxylic acids is 1. The summed E-state index contributed by atoms with van der Waals surface area (Å²) < 4.78 is 1.37. The molecule has 0 radical (unpaired) electrons. The molecule has 1 aliphatic carbocycles. The lowest BCUT2D eigenvalue weighted by atomic mass is 9.92. The van der Waals surface area contributed by atoms with Gasteiger partial charge in [-0.05, 0) is 30.4 Å². The number of amides is 1. The van der Waals surface area contributed by atoms with Crippen LogP contribution in [-0.2, 0) is 31.1 Å². The second-order valence-electron chi connectivity index (χ2n) is 5.75. The average Bonchev–Trinajstić information content (AvgIpc) is 2.49. The fourth-order valence-electron chi connectivity index (χ4n) is 2.87. The first kappa shape index (κ1) is 14.5. The smallest absolute Gasteiger partial charge is 0.266 e. The Hall–Kier alpha value is -2.43. The van der Waals surface area contributed by atoms with Crippen molar-refractivity contribution in [1.82, 2.24) is 15.1 Å². The molecule has 0 spiro atoms. The molecule has 5 nitrogen and oxygen atoms in total. The van der Waals surface area contributed by atoms with Gasteiger partial charge in [-0.25, -0.2) is 4.68 Å². The molecule has 5 heteroatoms. The van der Waals surface area contributed by atoms with Crippen molar-refractivity contribution in [2.24, 2.45) is 7.05 Å². The van der Waals surface area contributed by atoms with E-state index in [9.17, 15) is 9.59 Å². The first-order chi connectivity index (χ1) is 10.6. The van der Waals surface area contributed by atoms with E-state index in [1.54, 1.807) is 13.1 Å². The Morgan fingerprint density at radius 1 is 1.36 bits per heavy atom. The van der Waals surface area contributed by atoms with E-state index in [-0.39, 0.29) is 17.5 Å². The number of hydrogen-bond donors (Lipinski definition) is 1. The molecule has 114 valence electrons. The predicted octanol–water partition coefficient (Wildman–Crippen LogP) is 0.996. The number of rotatable bonds is 3. The van der Waals surface area contributed by atoms with Gasteiger partial charge in [0.05, 0.1) is 12.1 Å². The van der Waals surface area contributed by atoms with Crippen molar-refractivity contribution in [2.75, 3.05) is 0 Å². The zero-order chi connectivity index (χ0) is 15.5. The summed E-state index contributed by atoms with van der Waals surface area (Å²) in [5.41, 5.74) is 2.83. The molecule has 0 fully saturated rings. The third-order valence-corrected chi connectivity index (χ3v) is 4.03. The fourth-order valence-corrected chi connectivity index (χ4v) is 2.87. The predicted molar refractivity (Wildman–Crippen MR) is 83.6 cm³/mol. The zero-order valence-electron chi connectivity index (χ0n) is 12.6. The zero-order valence-corrected chi connectivity index (χ0v) is 12.6. The lowest BCUT2D eigenvalue weighted by Gasteiger charge is -2.24. The monoisotopic (exact) mass is 297 g/mol. The van der Waals surface area contributed by atoms with Gasteiger partial charge in [0.15, 0.2) is 0 Å². The van der Waals surface area contributed by atoms with Crippen LogP contribution in [0.1, 0.15) is 23.2 Å². The van der Waals surface area contributed by atoms with Crippen LogP contribution in [0.5, 0.6) is 0 Å². The summed E-state index contributed by atoms with van der Waals surface area (Å²) in [5, 5.41) is 7.35. The molecule has 3 rings (SSSR count). The molecule has 1 aromatic heterocycles. The van der Waals surface area contributed by atoms with Crippen molar-refractivity contribution >= 4 is 5.91 Å². The molecule has 0 saturated carbocycles. The van der Waals surface area contributed by atoms with Crippen molar-refractivity contribution in [1.29, 1.82) is 0 Å². The van der Waals surface area contributed by atoms with Crippen molar-refractivity contribution in [3.05, 3.63) is 63.6 Å². The number of aromatic nitrogens is 2. The Morgan fingerprint density at radius 3 is 2.91 bits per heavy atom. The summed E-state index contributed by atoms with van der Waals surface area (Å²) in [6.45, 7) is 0.